The molecule has 1 atom stereocenters. The molecule has 1 aromatic rings. The van der Waals surface area contributed by atoms with Gasteiger partial charge in [-0.3, -0.25) is 4.79 Å². The normalized spacial score (nSPS) is 19.6. The van der Waals surface area contributed by atoms with Gasteiger partial charge >= 0.3 is 0 Å². The number of ketones is 1. The van der Waals surface area contributed by atoms with Gasteiger partial charge in [-0.25, -0.2) is 8.42 Å². The predicted octanol–water partition coefficient (Wildman–Crippen LogP) is 1.28. The molecule has 2 rings (SSSR count). The minimum atomic E-state index is -3.51. The monoisotopic (exact) mass is 318 g/mol. The van der Waals surface area contributed by atoms with Gasteiger partial charge in [-0.1, -0.05) is 12.1 Å². The fourth-order valence-electron chi connectivity index (χ4n) is 2.23. The third-order valence-corrected chi connectivity index (χ3v) is 5.32. The van der Waals surface area contributed by atoms with Crippen molar-refractivity contribution in [3.63, 3.8) is 0 Å². The molecule has 112 valence electrons. The SMILES string of the molecule is CC(=O)c1cccc(S(=O)(=O)N2CCC(CN)C2)c1.Cl. The molecule has 0 amide bonds. The Bertz CT molecular complexity index is 589. The van der Waals surface area contributed by atoms with E-state index in [9.17, 15) is 13.2 Å². The number of sulfonamides is 1. The lowest BCUT2D eigenvalue weighted by Gasteiger charge is -2.16. The number of Topliss-reactive ketones (excluding diaryl/α,β-unsaturated/α-hetero) is 1. The van der Waals surface area contributed by atoms with E-state index in [0.717, 1.165) is 6.42 Å². The molecular formula is C13H19ClN2O3S. The van der Waals surface area contributed by atoms with E-state index in [1.165, 1.54) is 23.4 Å². The van der Waals surface area contributed by atoms with Gasteiger partial charge in [0.2, 0.25) is 10.0 Å². The van der Waals surface area contributed by atoms with Crippen LogP contribution in [0.3, 0.4) is 0 Å². The van der Waals surface area contributed by atoms with Crippen molar-refractivity contribution in [2.45, 2.75) is 18.2 Å². The van der Waals surface area contributed by atoms with Gasteiger partial charge in [-0.05, 0) is 37.9 Å². The molecule has 0 radical (unpaired) electrons. The summed E-state index contributed by atoms with van der Waals surface area (Å²) in [5.74, 6) is 0.0871. The summed E-state index contributed by atoms with van der Waals surface area (Å²) in [5.41, 5.74) is 5.99. The summed E-state index contributed by atoms with van der Waals surface area (Å²) >= 11 is 0. The van der Waals surface area contributed by atoms with Crippen molar-refractivity contribution in [1.82, 2.24) is 4.31 Å². The highest BCUT2D eigenvalue weighted by atomic mass is 35.5. The lowest BCUT2D eigenvalue weighted by Crippen LogP contribution is -2.30. The molecule has 5 nitrogen and oxygen atoms in total. The lowest BCUT2D eigenvalue weighted by atomic mass is 10.1. The third kappa shape index (κ3) is 3.38. The van der Waals surface area contributed by atoms with Crippen molar-refractivity contribution in [1.29, 1.82) is 0 Å². The number of carbonyl (C=O) groups is 1. The molecule has 1 saturated heterocycles. The maximum absolute atomic E-state index is 12.4. The Labute approximate surface area is 125 Å². The van der Waals surface area contributed by atoms with E-state index in [0.29, 0.717) is 25.2 Å². The first-order chi connectivity index (χ1) is 8.95. The van der Waals surface area contributed by atoms with Crippen LogP contribution in [-0.4, -0.2) is 38.1 Å². The molecule has 0 saturated carbocycles. The summed E-state index contributed by atoms with van der Waals surface area (Å²) in [6, 6.07) is 6.18. The van der Waals surface area contributed by atoms with Gasteiger partial charge in [0.05, 0.1) is 4.90 Å². The molecule has 1 aromatic carbocycles. The second-order valence-corrected chi connectivity index (χ2v) is 6.78. The molecule has 1 aliphatic heterocycles. The molecule has 1 unspecified atom stereocenters. The van der Waals surface area contributed by atoms with E-state index in [2.05, 4.69) is 0 Å². The van der Waals surface area contributed by atoms with E-state index in [4.69, 9.17) is 5.73 Å². The van der Waals surface area contributed by atoms with Gasteiger partial charge in [-0.15, -0.1) is 12.4 Å². The molecule has 1 aliphatic rings. The molecule has 7 heteroatoms. The van der Waals surface area contributed by atoms with Crippen LogP contribution < -0.4 is 5.73 Å². The summed E-state index contributed by atoms with van der Waals surface area (Å²) in [4.78, 5) is 11.5. The molecule has 0 bridgehead atoms. The molecular weight excluding hydrogens is 300 g/mol. The Balaban J connectivity index is 0.00000200. The summed E-state index contributed by atoms with van der Waals surface area (Å²) in [7, 11) is -3.51. The quantitative estimate of drug-likeness (QED) is 0.848. The number of benzene rings is 1. The van der Waals surface area contributed by atoms with Crippen LogP contribution in [0.15, 0.2) is 29.2 Å². The minimum absolute atomic E-state index is 0. The number of carbonyl (C=O) groups excluding carboxylic acids is 1. The number of hydrogen-bond donors (Lipinski definition) is 1. The van der Waals surface area contributed by atoms with Crippen molar-refractivity contribution < 1.29 is 13.2 Å². The highest BCUT2D eigenvalue weighted by molar-refractivity contribution is 7.89. The molecule has 1 fully saturated rings. The molecule has 0 aromatic heterocycles. The average Bonchev–Trinajstić information content (AvgIpc) is 2.88. The van der Waals surface area contributed by atoms with Gasteiger partial charge in [0, 0.05) is 18.7 Å². The minimum Gasteiger partial charge on any atom is -0.330 e. The fraction of sp³-hybridized carbons (Fsp3) is 0.462. The largest absolute Gasteiger partial charge is 0.330 e. The van der Waals surface area contributed by atoms with Crippen LogP contribution in [-0.2, 0) is 10.0 Å². The van der Waals surface area contributed by atoms with Crippen LogP contribution in [0.1, 0.15) is 23.7 Å². The predicted molar refractivity (Wildman–Crippen MR) is 79.6 cm³/mol. The van der Waals surface area contributed by atoms with Crippen LogP contribution in [0.25, 0.3) is 0 Å². The summed E-state index contributed by atoms with van der Waals surface area (Å²) < 4.78 is 26.3. The van der Waals surface area contributed by atoms with E-state index >= 15 is 0 Å². The van der Waals surface area contributed by atoms with Crippen molar-refractivity contribution in [3.8, 4) is 0 Å². The van der Waals surface area contributed by atoms with Crippen molar-refractivity contribution in [2.75, 3.05) is 19.6 Å². The van der Waals surface area contributed by atoms with Crippen molar-refractivity contribution in [2.24, 2.45) is 11.7 Å². The zero-order valence-electron chi connectivity index (χ0n) is 11.3. The first-order valence-corrected chi connectivity index (χ1v) is 7.70. The maximum atomic E-state index is 12.4. The number of nitrogens with two attached hydrogens (primary N) is 1. The van der Waals surface area contributed by atoms with Crippen LogP contribution >= 0.6 is 12.4 Å². The zero-order valence-corrected chi connectivity index (χ0v) is 12.9. The van der Waals surface area contributed by atoms with E-state index in [-0.39, 0.29) is 29.0 Å². The molecule has 0 aliphatic carbocycles. The van der Waals surface area contributed by atoms with Gasteiger partial charge in [0.1, 0.15) is 0 Å². The van der Waals surface area contributed by atoms with Gasteiger partial charge < -0.3 is 5.73 Å². The highest BCUT2D eigenvalue weighted by Crippen LogP contribution is 2.24. The van der Waals surface area contributed by atoms with Gasteiger partial charge in [0.25, 0.3) is 0 Å². The molecule has 2 N–H and O–H groups in total. The summed E-state index contributed by atoms with van der Waals surface area (Å²) in [6.07, 6.45) is 0.794. The number of halogens is 1. The zero-order chi connectivity index (χ0) is 14.0. The topological polar surface area (TPSA) is 80.5 Å². The average molecular weight is 319 g/mol. The van der Waals surface area contributed by atoms with Crippen LogP contribution in [0.2, 0.25) is 0 Å². The summed E-state index contributed by atoms with van der Waals surface area (Å²) in [6.45, 7) is 2.88. The standard InChI is InChI=1S/C13H18N2O3S.ClH/c1-10(16)12-3-2-4-13(7-12)19(17,18)15-6-5-11(8-14)9-15;/h2-4,7,11H,5-6,8-9,14H2,1H3;1H. The van der Waals surface area contributed by atoms with Crippen molar-refractivity contribution >= 4 is 28.2 Å². The van der Waals surface area contributed by atoms with E-state index in [1.807, 2.05) is 0 Å². The Morgan fingerprint density at radius 2 is 2.15 bits per heavy atom. The second-order valence-electron chi connectivity index (χ2n) is 4.84. The van der Waals surface area contributed by atoms with Crippen LogP contribution in [0, 0.1) is 5.92 Å². The Hall–Kier alpha value is -0.950. The van der Waals surface area contributed by atoms with Crippen LogP contribution in [0.4, 0.5) is 0 Å². The first-order valence-electron chi connectivity index (χ1n) is 6.26. The van der Waals surface area contributed by atoms with Gasteiger partial charge in [-0.2, -0.15) is 4.31 Å². The molecule has 20 heavy (non-hydrogen) atoms. The van der Waals surface area contributed by atoms with E-state index in [1.54, 1.807) is 12.1 Å². The Kier molecular flexibility index (Phi) is 5.70. The smallest absolute Gasteiger partial charge is 0.243 e. The second kappa shape index (κ2) is 6.67. The Morgan fingerprint density at radius 1 is 1.45 bits per heavy atom. The maximum Gasteiger partial charge on any atom is 0.243 e. The lowest BCUT2D eigenvalue weighted by molar-refractivity contribution is 0.101. The van der Waals surface area contributed by atoms with Crippen molar-refractivity contribution in [3.05, 3.63) is 29.8 Å². The first kappa shape index (κ1) is 17.1. The fourth-order valence-corrected chi connectivity index (χ4v) is 3.81. The Morgan fingerprint density at radius 3 is 2.70 bits per heavy atom. The number of rotatable bonds is 4. The van der Waals surface area contributed by atoms with Gasteiger partial charge in [0.15, 0.2) is 5.78 Å². The third-order valence-electron chi connectivity index (χ3n) is 3.46. The van der Waals surface area contributed by atoms with E-state index < -0.39 is 10.0 Å². The number of hydrogen-bond acceptors (Lipinski definition) is 4. The van der Waals surface area contributed by atoms with Crippen LogP contribution in [0.5, 0.6) is 0 Å². The number of nitrogens with zero attached hydrogens (tertiary/aromatic N) is 1. The summed E-state index contributed by atoms with van der Waals surface area (Å²) in [5, 5.41) is 0. The molecule has 0 spiro atoms. The highest BCUT2D eigenvalue weighted by Gasteiger charge is 2.31. The molecule has 1 heterocycles.